The molecule has 5 heteroatoms. The highest BCUT2D eigenvalue weighted by atomic mass is 16.6. The standard InChI is InChI=1S/C9H17BO4/c1-11-5-7-9(13-3)8(12-2)6(10)4-14-7/h6-9H,4-5H2,1-3H3/t6-,7-,8+,9-/m1/s1. The molecule has 0 aromatic carbocycles. The second kappa shape index (κ2) is 5.71. The molecule has 1 heterocycles. The molecule has 1 saturated heterocycles. The Morgan fingerprint density at radius 1 is 1.21 bits per heavy atom. The van der Waals surface area contributed by atoms with Crippen molar-refractivity contribution >= 4 is 7.85 Å². The van der Waals surface area contributed by atoms with Gasteiger partial charge in [-0.2, -0.15) is 0 Å². The molecule has 14 heavy (non-hydrogen) atoms. The first-order valence-corrected chi connectivity index (χ1v) is 4.66. The number of hydrogen-bond acceptors (Lipinski definition) is 4. The van der Waals surface area contributed by atoms with E-state index in [2.05, 4.69) is 0 Å². The van der Waals surface area contributed by atoms with E-state index in [0.29, 0.717) is 13.2 Å². The Kier molecular flexibility index (Phi) is 4.88. The molecule has 0 saturated carbocycles. The summed E-state index contributed by atoms with van der Waals surface area (Å²) in [5, 5.41) is 0. The lowest BCUT2D eigenvalue weighted by atomic mass is 9.78. The Hall–Kier alpha value is -0.0951. The fourth-order valence-electron chi connectivity index (χ4n) is 1.78. The SMILES string of the molecule is [B][C@@H]1CO[C@H](COC)[C@@H](OC)[C@H]1OC. The average molecular weight is 200 g/mol. The van der Waals surface area contributed by atoms with Crippen molar-refractivity contribution < 1.29 is 18.9 Å². The van der Waals surface area contributed by atoms with Gasteiger partial charge in [0.25, 0.3) is 0 Å². The average Bonchev–Trinajstić information content (AvgIpc) is 2.20. The van der Waals surface area contributed by atoms with Crippen molar-refractivity contribution in [2.45, 2.75) is 24.1 Å². The van der Waals surface area contributed by atoms with Crippen LogP contribution in [0.4, 0.5) is 0 Å². The minimum Gasteiger partial charge on any atom is -0.382 e. The van der Waals surface area contributed by atoms with E-state index < -0.39 is 0 Å². The highest BCUT2D eigenvalue weighted by molar-refractivity contribution is 6.12. The van der Waals surface area contributed by atoms with Crippen molar-refractivity contribution in [3.8, 4) is 0 Å². The van der Waals surface area contributed by atoms with Gasteiger partial charge in [-0.05, 0) is 5.82 Å². The van der Waals surface area contributed by atoms with Gasteiger partial charge < -0.3 is 18.9 Å². The third-order valence-corrected chi connectivity index (χ3v) is 2.49. The summed E-state index contributed by atoms with van der Waals surface area (Å²) in [7, 11) is 10.7. The zero-order chi connectivity index (χ0) is 10.6. The summed E-state index contributed by atoms with van der Waals surface area (Å²) in [6.07, 6.45) is -0.396. The van der Waals surface area contributed by atoms with Crippen LogP contribution >= 0.6 is 0 Å². The molecule has 0 N–H and O–H groups in total. The lowest BCUT2D eigenvalue weighted by molar-refractivity contribution is -0.170. The minimum absolute atomic E-state index is 0.102. The van der Waals surface area contributed by atoms with Gasteiger partial charge in [0, 0.05) is 27.9 Å². The maximum absolute atomic E-state index is 5.84. The van der Waals surface area contributed by atoms with E-state index >= 15 is 0 Å². The summed E-state index contributed by atoms with van der Waals surface area (Å²) in [5.41, 5.74) is 0. The first-order chi connectivity index (χ1) is 6.74. The van der Waals surface area contributed by atoms with E-state index in [1.165, 1.54) is 0 Å². The highest BCUT2D eigenvalue weighted by Crippen LogP contribution is 2.26. The molecule has 0 unspecified atom stereocenters. The Balaban J connectivity index is 2.61. The predicted molar refractivity (Wildman–Crippen MR) is 52.7 cm³/mol. The van der Waals surface area contributed by atoms with Gasteiger partial charge in [0.2, 0.25) is 0 Å². The first-order valence-electron chi connectivity index (χ1n) is 4.66. The van der Waals surface area contributed by atoms with Gasteiger partial charge in [-0.25, -0.2) is 0 Å². The van der Waals surface area contributed by atoms with E-state index in [-0.39, 0.29) is 24.1 Å². The molecule has 0 aromatic heterocycles. The van der Waals surface area contributed by atoms with Gasteiger partial charge in [0.1, 0.15) is 12.2 Å². The summed E-state index contributed by atoms with van der Waals surface area (Å²) in [6, 6.07) is 0. The van der Waals surface area contributed by atoms with Crippen LogP contribution in [0.3, 0.4) is 0 Å². The van der Waals surface area contributed by atoms with Gasteiger partial charge in [-0.1, -0.05) is 0 Å². The Morgan fingerprint density at radius 3 is 2.36 bits per heavy atom. The van der Waals surface area contributed by atoms with Crippen molar-refractivity contribution in [1.82, 2.24) is 0 Å². The van der Waals surface area contributed by atoms with E-state index in [1.807, 2.05) is 0 Å². The summed E-state index contributed by atoms with van der Waals surface area (Å²) in [4.78, 5) is 0. The Morgan fingerprint density at radius 2 is 1.86 bits per heavy atom. The van der Waals surface area contributed by atoms with E-state index in [0.717, 1.165) is 0 Å². The van der Waals surface area contributed by atoms with Gasteiger partial charge in [-0.3, -0.25) is 0 Å². The number of methoxy groups -OCH3 is 3. The van der Waals surface area contributed by atoms with Crippen LogP contribution in [0.1, 0.15) is 0 Å². The van der Waals surface area contributed by atoms with E-state index in [1.54, 1.807) is 21.3 Å². The third-order valence-electron chi connectivity index (χ3n) is 2.49. The highest BCUT2D eigenvalue weighted by Gasteiger charge is 2.38. The number of rotatable bonds is 4. The largest absolute Gasteiger partial charge is 0.382 e. The molecule has 2 radical (unpaired) electrons. The molecule has 80 valence electrons. The summed E-state index contributed by atoms with van der Waals surface area (Å²) in [6.45, 7) is 0.970. The lowest BCUT2D eigenvalue weighted by Crippen LogP contribution is -2.51. The minimum atomic E-state index is -0.163. The molecule has 0 bridgehead atoms. The van der Waals surface area contributed by atoms with Crippen molar-refractivity contribution in [3.05, 3.63) is 0 Å². The molecule has 0 aliphatic carbocycles. The zero-order valence-corrected chi connectivity index (χ0v) is 8.93. The van der Waals surface area contributed by atoms with Gasteiger partial charge in [0.15, 0.2) is 0 Å². The van der Waals surface area contributed by atoms with Crippen molar-refractivity contribution in [3.63, 3.8) is 0 Å². The molecule has 4 atom stereocenters. The molecule has 1 rings (SSSR count). The molecule has 0 spiro atoms. The second-order valence-electron chi connectivity index (χ2n) is 3.39. The molecule has 0 amide bonds. The Bertz CT molecular complexity index is 167. The molecule has 1 fully saturated rings. The molecule has 1 aliphatic heterocycles. The quantitative estimate of drug-likeness (QED) is 0.599. The molecule has 0 aromatic rings. The first kappa shape index (κ1) is 12.0. The fourth-order valence-corrected chi connectivity index (χ4v) is 1.78. The summed E-state index contributed by atoms with van der Waals surface area (Å²) < 4.78 is 21.2. The van der Waals surface area contributed by atoms with Crippen LogP contribution in [0.2, 0.25) is 5.82 Å². The summed E-state index contributed by atoms with van der Waals surface area (Å²) >= 11 is 0. The van der Waals surface area contributed by atoms with Crippen LogP contribution in [-0.4, -0.2) is 60.7 Å². The van der Waals surface area contributed by atoms with Gasteiger partial charge >= 0.3 is 0 Å². The normalized spacial score (nSPS) is 38.5. The zero-order valence-electron chi connectivity index (χ0n) is 8.93. The number of ether oxygens (including phenoxy) is 4. The molecular formula is C9H17BO4. The van der Waals surface area contributed by atoms with Crippen molar-refractivity contribution in [1.29, 1.82) is 0 Å². The van der Waals surface area contributed by atoms with Crippen LogP contribution < -0.4 is 0 Å². The van der Waals surface area contributed by atoms with Gasteiger partial charge in [0.05, 0.1) is 20.6 Å². The second-order valence-corrected chi connectivity index (χ2v) is 3.39. The topological polar surface area (TPSA) is 36.9 Å². The third kappa shape index (κ3) is 2.48. The monoisotopic (exact) mass is 200 g/mol. The predicted octanol–water partition coefficient (Wildman–Crippen LogP) is 0.0186. The van der Waals surface area contributed by atoms with Crippen LogP contribution in [0.5, 0.6) is 0 Å². The molecule has 4 nitrogen and oxygen atoms in total. The molecular weight excluding hydrogens is 183 g/mol. The summed E-state index contributed by atoms with van der Waals surface area (Å²) in [5.74, 6) is -0.141. The maximum atomic E-state index is 5.84. The maximum Gasteiger partial charge on any atom is 0.111 e. The van der Waals surface area contributed by atoms with Gasteiger partial charge in [-0.15, -0.1) is 0 Å². The number of hydrogen-bond donors (Lipinski definition) is 0. The van der Waals surface area contributed by atoms with Crippen LogP contribution in [0.15, 0.2) is 0 Å². The van der Waals surface area contributed by atoms with Crippen LogP contribution in [0, 0.1) is 0 Å². The Labute approximate surface area is 86.3 Å². The van der Waals surface area contributed by atoms with E-state index in [4.69, 9.17) is 26.8 Å². The van der Waals surface area contributed by atoms with E-state index in [9.17, 15) is 0 Å². The molecule has 1 aliphatic rings. The smallest absolute Gasteiger partial charge is 0.111 e. The van der Waals surface area contributed by atoms with Crippen LogP contribution in [-0.2, 0) is 18.9 Å². The lowest BCUT2D eigenvalue weighted by Gasteiger charge is -2.40. The van der Waals surface area contributed by atoms with Crippen LogP contribution in [0.25, 0.3) is 0 Å². The fraction of sp³-hybridized carbons (Fsp3) is 1.00. The van der Waals surface area contributed by atoms with Crippen molar-refractivity contribution in [2.24, 2.45) is 0 Å². The van der Waals surface area contributed by atoms with Crippen molar-refractivity contribution in [2.75, 3.05) is 34.5 Å².